The zero-order chi connectivity index (χ0) is 23.8. The summed E-state index contributed by atoms with van der Waals surface area (Å²) in [5.74, 6) is -0.495. The number of fused-ring (bicyclic) bond motifs is 1. The first-order valence-corrected chi connectivity index (χ1v) is 10.0. The number of amides is 1. The smallest absolute Gasteiger partial charge is 0.323 e. The van der Waals surface area contributed by atoms with E-state index in [9.17, 15) is 22.8 Å². The fraction of sp³-hybridized carbons (Fsp3) is 0.190. The average molecular weight is 477 g/mol. The van der Waals surface area contributed by atoms with E-state index in [0.29, 0.717) is 16.3 Å². The van der Waals surface area contributed by atoms with E-state index < -0.39 is 23.2 Å². The van der Waals surface area contributed by atoms with Gasteiger partial charge in [0.2, 0.25) is 5.91 Å². The molecule has 1 amide bonds. The Morgan fingerprint density at radius 3 is 2.67 bits per heavy atom. The summed E-state index contributed by atoms with van der Waals surface area (Å²) in [4.78, 5) is 29.3. The molecular weight excluding hydrogens is 461 g/mol. The number of aryl methyl sites for hydroxylation is 1. The molecule has 2 heterocycles. The molecule has 0 aliphatic rings. The molecule has 0 aliphatic heterocycles. The molecule has 170 valence electrons. The first-order valence-electron chi connectivity index (χ1n) is 9.63. The summed E-state index contributed by atoms with van der Waals surface area (Å²) in [5.41, 5.74) is 0.104. The number of anilines is 1. The van der Waals surface area contributed by atoms with Gasteiger partial charge in [0.05, 0.1) is 22.8 Å². The molecule has 0 saturated carbocycles. The van der Waals surface area contributed by atoms with Crippen molar-refractivity contribution in [3.05, 3.63) is 80.9 Å². The van der Waals surface area contributed by atoms with Gasteiger partial charge in [0.1, 0.15) is 12.9 Å². The quantitative estimate of drug-likeness (QED) is 0.474. The maximum atomic E-state index is 13.0. The van der Waals surface area contributed by atoms with E-state index in [0.717, 1.165) is 28.6 Å². The average Bonchev–Trinajstić information content (AvgIpc) is 3.16. The predicted octanol–water partition coefficient (Wildman–Crippen LogP) is 3.66. The molecule has 0 fully saturated rings. The highest BCUT2D eigenvalue weighted by molar-refractivity contribution is 6.33. The van der Waals surface area contributed by atoms with E-state index in [2.05, 4.69) is 20.6 Å². The highest BCUT2D eigenvalue weighted by Crippen LogP contribution is 2.29. The van der Waals surface area contributed by atoms with Crippen molar-refractivity contribution in [3.8, 4) is 0 Å². The highest BCUT2D eigenvalue weighted by Gasteiger charge is 2.30. The highest BCUT2D eigenvalue weighted by atomic mass is 35.5. The van der Waals surface area contributed by atoms with Crippen LogP contribution in [0.4, 0.5) is 18.9 Å². The minimum absolute atomic E-state index is 0.0663. The Morgan fingerprint density at radius 2 is 1.94 bits per heavy atom. The number of nitrogens with one attached hydrogen (secondary N) is 1. The number of aromatic nitrogens is 5. The van der Waals surface area contributed by atoms with Crippen molar-refractivity contribution in [2.45, 2.75) is 26.2 Å². The first-order chi connectivity index (χ1) is 15.6. The summed E-state index contributed by atoms with van der Waals surface area (Å²) >= 11 is 6.11. The molecule has 0 bridgehead atoms. The number of carbonyl (C=O) groups excluding carboxylic acids is 1. The maximum absolute atomic E-state index is 13.0. The summed E-state index contributed by atoms with van der Waals surface area (Å²) in [5, 5.41) is 10.7. The number of carbonyl (C=O) groups is 1. The van der Waals surface area contributed by atoms with E-state index in [-0.39, 0.29) is 24.3 Å². The van der Waals surface area contributed by atoms with Crippen molar-refractivity contribution in [3.63, 3.8) is 0 Å². The topological polar surface area (TPSA) is 94.7 Å². The van der Waals surface area contributed by atoms with Crippen LogP contribution in [0.1, 0.15) is 16.7 Å². The Bertz CT molecular complexity index is 1390. The van der Waals surface area contributed by atoms with Crippen LogP contribution in [0.25, 0.3) is 11.2 Å². The second-order valence-corrected chi connectivity index (χ2v) is 7.68. The molecule has 0 saturated heterocycles. The zero-order valence-corrected chi connectivity index (χ0v) is 17.9. The Kier molecular flexibility index (Phi) is 5.90. The predicted molar refractivity (Wildman–Crippen MR) is 115 cm³/mol. The Morgan fingerprint density at radius 1 is 1.18 bits per heavy atom. The lowest BCUT2D eigenvalue weighted by Gasteiger charge is -2.11. The van der Waals surface area contributed by atoms with Crippen molar-refractivity contribution < 1.29 is 18.0 Å². The lowest BCUT2D eigenvalue weighted by Crippen LogP contribution is -2.28. The summed E-state index contributed by atoms with van der Waals surface area (Å²) < 4.78 is 41.1. The van der Waals surface area contributed by atoms with Crippen LogP contribution in [0.5, 0.6) is 0 Å². The van der Waals surface area contributed by atoms with Crippen molar-refractivity contribution in [1.82, 2.24) is 24.5 Å². The minimum atomic E-state index is -4.48. The molecule has 12 heteroatoms. The van der Waals surface area contributed by atoms with Crippen molar-refractivity contribution in [1.29, 1.82) is 0 Å². The number of alkyl halides is 3. The van der Waals surface area contributed by atoms with Gasteiger partial charge in [-0.05, 0) is 36.2 Å². The molecule has 0 aliphatic carbocycles. The summed E-state index contributed by atoms with van der Waals surface area (Å²) in [6.45, 7) is 1.38. The van der Waals surface area contributed by atoms with Gasteiger partial charge in [-0.1, -0.05) is 41.1 Å². The van der Waals surface area contributed by atoms with Crippen LogP contribution >= 0.6 is 11.6 Å². The van der Waals surface area contributed by atoms with Gasteiger partial charge in [-0.2, -0.15) is 13.2 Å². The maximum Gasteiger partial charge on any atom is 0.416 e. The number of rotatable bonds is 5. The monoisotopic (exact) mass is 476 g/mol. The third kappa shape index (κ3) is 4.72. The van der Waals surface area contributed by atoms with Gasteiger partial charge in [-0.15, -0.1) is 5.10 Å². The normalized spacial score (nSPS) is 11.7. The Balaban J connectivity index is 1.56. The fourth-order valence-corrected chi connectivity index (χ4v) is 3.52. The largest absolute Gasteiger partial charge is 0.416 e. The lowest BCUT2D eigenvalue weighted by molar-refractivity contribution is -0.137. The van der Waals surface area contributed by atoms with Gasteiger partial charge in [0.15, 0.2) is 11.2 Å². The summed E-state index contributed by atoms with van der Waals surface area (Å²) in [6, 6.07) is 9.92. The number of benzene rings is 2. The Hall–Kier alpha value is -3.73. The molecule has 0 spiro atoms. The summed E-state index contributed by atoms with van der Waals surface area (Å²) in [6.07, 6.45) is -3.31. The van der Waals surface area contributed by atoms with Gasteiger partial charge in [0, 0.05) is 0 Å². The van der Waals surface area contributed by atoms with Crippen LogP contribution in [0.15, 0.2) is 53.6 Å². The minimum Gasteiger partial charge on any atom is -0.323 e. The molecule has 8 nitrogen and oxygen atoms in total. The molecule has 0 radical (unpaired) electrons. The van der Waals surface area contributed by atoms with Crippen molar-refractivity contribution in [2.24, 2.45) is 0 Å². The van der Waals surface area contributed by atoms with E-state index >= 15 is 0 Å². The third-order valence-electron chi connectivity index (χ3n) is 4.88. The van der Waals surface area contributed by atoms with Crippen LogP contribution in [-0.4, -0.2) is 30.5 Å². The molecule has 2 aromatic heterocycles. The molecule has 4 aromatic rings. The van der Waals surface area contributed by atoms with E-state index in [1.54, 1.807) is 25.1 Å². The van der Waals surface area contributed by atoms with Crippen molar-refractivity contribution in [2.75, 3.05) is 5.32 Å². The van der Waals surface area contributed by atoms with Gasteiger partial charge >= 0.3 is 6.18 Å². The first kappa shape index (κ1) is 22.5. The number of para-hydroxylation sites is 1. The number of hydrogen-bond acceptors (Lipinski definition) is 5. The lowest BCUT2D eigenvalue weighted by atomic mass is 10.1. The molecule has 4 rings (SSSR count). The third-order valence-corrected chi connectivity index (χ3v) is 5.19. The fourth-order valence-electron chi connectivity index (χ4n) is 3.25. The number of nitrogens with zero attached hydrogens (tertiary/aromatic N) is 5. The van der Waals surface area contributed by atoms with Gasteiger partial charge < -0.3 is 5.32 Å². The number of halogens is 4. The van der Waals surface area contributed by atoms with Gasteiger partial charge in [-0.3, -0.25) is 14.2 Å². The summed E-state index contributed by atoms with van der Waals surface area (Å²) in [7, 11) is 0. The molecule has 2 aromatic carbocycles. The molecule has 33 heavy (non-hydrogen) atoms. The molecule has 0 unspecified atom stereocenters. The SMILES string of the molecule is Cc1cccc(Cl)c1NC(=O)Cn1cnc2c(nnn2Cc2cccc(C(F)(F)F)c2)c1=O. The Labute approximate surface area is 189 Å². The van der Waals surface area contributed by atoms with Crippen LogP contribution in [0.2, 0.25) is 5.02 Å². The zero-order valence-electron chi connectivity index (χ0n) is 17.1. The number of hydrogen-bond donors (Lipinski definition) is 1. The van der Waals surface area contributed by atoms with Crippen LogP contribution in [-0.2, 0) is 24.1 Å². The molecule has 1 N–H and O–H groups in total. The van der Waals surface area contributed by atoms with Crippen molar-refractivity contribution >= 4 is 34.4 Å². The van der Waals surface area contributed by atoms with E-state index in [4.69, 9.17) is 11.6 Å². The van der Waals surface area contributed by atoms with E-state index in [1.165, 1.54) is 16.8 Å². The van der Waals surface area contributed by atoms with Gasteiger partial charge in [0.25, 0.3) is 5.56 Å². The standard InChI is InChI=1S/C21H16ClF3N6O2/c1-12-4-2-7-15(22)17(12)27-16(32)10-30-11-26-19-18(20(30)33)28-29-31(19)9-13-5-3-6-14(8-13)21(23,24)25/h2-8,11H,9-10H2,1H3,(H,27,32). The van der Waals surface area contributed by atoms with Gasteiger partial charge in [-0.25, -0.2) is 9.67 Å². The van der Waals surface area contributed by atoms with Crippen LogP contribution < -0.4 is 10.9 Å². The molecule has 0 atom stereocenters. The van der Waals surface area contributed by atoms with E-state index in [1.807, 2.05) is 0 Å². The van der Waals surface area contributed by atoms with Crippen LogP contribution in [0, 0.1) is 6.92 Å². The second-order valence-electron chi connectivity index (χ2n) is 7.27. The molecular formula is C21H16ClF3N6O2. The van der Waals surface area contributed by atoms with Crippen LogP contribution in [0.3, 0.4) is 0 Å². The second kappa shape index (κ2) is 8.66.